The molecule has 2 aromatic carbocycles. The van der Waals surface area contributed by atoms with Crippen molar-refractivity contribution in [3.8, 4) is 11.8 Å². The molecule has 1 aromatic heterocycles. The highest BCUT2D eigenvalue weighted by molar-refractivity contribution is 6.30. The predicted molar refractivity (Wildman–Crippen MR) is 105 cm³/mol. The molecule has 3 aromatic rings. The molecule has 29 heavy (non-hydrogen) atoms. The molecule has 0 radical (unpaired) electrons. The molecular formula is C19H14ClN5O4. The number of aromatic nitrogens is 2. The van der Waals surface area contributed by atoms with E-state index in [9.17, 15) is 14.9 Å². The van der Waals surface area contributed by atoms with Crippen molar-refractivity contribution in [3.63, 3.8) is 0 Å². The van der Waals surface area contributed by atoms with E-state index in [1.165, 1.54) is 22.9 Å². The van der Waals surface area contributed by atoms with Crippen LogP contribution in [0.4, 0.5) is 11.4 Å². The number of ether oxygens (including phenoxy) is 1. The Hall–Kier alpha value is -3.90. The van der Waals surface area contributed by atoms with E-state index < -0.39 is 10.8 Å². The quantitative estimate of drug-likeness (QED) is 0.484. The maximum atomic E-state index is 12.4. The minimum Gasteiger partial charge on any atom is -0.471 e. The number of aryl methyl sites for hydroxylation is 1. The summed E-state index contributed by atoms with van der Waals surface area (Å²) in [5.74, 6) is 0.0808. The second-order valence-electron chi connectivity index (χ2n) is 5.98. The van der Waals surface area contributed by atoms with Gasteiger partial charge < -0.3 is 10.1 Å². The molecule has 0 unspecified atom stereocenters. The van der Waals surface area contributed by atoms with Crippen LogP contribution in [0.15, 0.2) is 48.7 Å². The second kappa shape index (κ2) is 8.41. The van der Waals surface area contributed by atoms with Gasteiger partial charge in [-0.05, 0) is 42.8 Å². The summed E-state index contributed by atoms with van der Waals surface area (Å²) in [5.41, 5.74) is 0.867. The van der Waals surface area contributed by atoms with Gasteiger partial charge in [-0.25, -0.2) is 4.68 Å². The van der Waals surface area contributed by atoms with Gasteiger partial charge in [0.2, 0.25) is 0 Å². The summed E-state index contributed by atoms with van der Waals surface area (Å²) in [6.07, 6.45) is 1.57. The summed E-state index contributed by atoms with van der Waals surface area (Å²) >= 11 is 5.91. The van der Waals surface area contributed by atoms with Gasteiger partial charge in [0, 0.05) is 23.4 Å². The first-order chi connectivity index (χ1) is 13.9. The van der Waals surface area contributed by atoms with Gasteiger partial charge in [-0.2, -0.15) is 10.4 Å². The zero-order chi connectivity index (χ0) is 21.0. The Morgan fingerprint density at radius 1 is 1.34 bits per heavy atom. The smallest absolute Gasteiger partial charge is 0.276 e. The van der Waals surface area contributed by atoms with E-state index in [1.807, 2.05) is 13.0 Å². The van der Waals surface area contributed by atoms with Crippen LogP contribution in [0, 0.1) is 28.4 Å². The van der Waals surface area contributed by atoms with E-state index >= 15 is 0 Å². The molecule has 0 atom stereocenters. The van der Waals surface area contributed by atoms with Gasteiger partial charge in [0.05, 0.1) is 16.2 Å². The highest BCUT2D eigenvalue weighted by Crippen LogP contribution is 2.23. The summed E-state index contributed by atoms with van der Waals surface area (Å²) < 4.78 is 7.10. The molecule has 3 rings (SSSR count). The first-order valence-corrected chi connectivity index (χ1v) is 8.67. The molecule has 0 aliphatic rings. The van der Waals surface area contributed by atoms with Gasteiger partial charge in [0.1, 0.15) is 11.8 Å². The number of nitro benzene ring substituents is 1. The Morgan fingerprint density at radius 3 is 2.83 bits per heavy atom. The van der Waals surface area contributed by atoms with Gasteiger partial charge in [-0.1, -0.05) is 11.6 Å². The Balaban J connectivity index is 1.68. The maximum Gasteiger partial charge on any atom is 0.276 e. The molecule has 1 heterocycles. The number of non-ortho nitro benzene ring substituents is 1. The van der Waals surface area contributed by atoms with Crippen LogP contribution in [-0.4, -0.2) is 20.6 Å². The summed E-state index contributed by atoms with van der Waals surface area (Å²) in [4.78, 5) is 22.6. The molecule has 0 fully saturated rings. The Morgan fingerprint density at radius 2 is 2.14 bits per heavy atom. The lowest BCUT2D eigenvalue weighted by atomic mass is 10.1. The zero-order valence-electron chi connectivity index (χ0n) is 15.1. The normalized spacial score (nSPS) is 10.2. The lowest BCUT2D eigenvalue weighted by molar-refractivity contribution is -0.384. The van der Waals surface area contributed by atoms with Crippen LogP contribution in [0.2, 0.25) is 5.02 Å². The average molecular weight is 412 g/mol. The summed E-state index contributed by atoms with van der Waals surface area (Å²) in [6.45, 7) is 1.94. The monoisotopic (exact) mass is 411 g/mol. The molecule has 146 valence electrons. The Kier molecular flexibility index (Phi) is 5.76. The maximum absolute atomic E-state index is 12.4. The first-order valence-electron chi connectivity index (χ1n) is 8.29. The largest absolute Gasteiger partial charge is 0.471 e. The predicted octanol–water partition coefficient (Wildman–Crippen LogP) is 3.91. The number of anilines is 1. The van der Waals surface area contributed by atoms with Crippen molar-refractivity contribution >= 4 is 28.9 Å². The minimum absolute atomic E-state index is 0.0199. The highest BCUT2D eigenvalue weighted by Gasteiger charge is 2.15. The number of nitrogens with zero attached hydrogens (tertiary/aromatic N) is 4. The van der Waals surface area contributed by atoms with Crippen molar-refractivity contribution in [2.75, 3.05) is 5.32 Å². The van der Waals surface area contributed by atoms with Crippen molar-refractivity contribution in [3.05, 3.63) is 80.6 Å². The lowest BCUT2D eigenvalue weighted by Crippen LogP contribution is -2.15. The van der Waals surface area contributed by atoms with E-state index in [2.05, 4.69) is 10.4 Å². The standard InChI is InChI=1S/C19H14ClN5O4/c1-12-8-14(20)2-5-18(12)29-11-24-7-6-17(23-24)19(26)22-16-4-3-15(25(27)28)9-13(16)10-21/h2-9H,11H2,1H3,(H,22,26). The Bertz CT molecular complexity index is 1140. The molecule has 9 nitrogen and oxygen atoms in total. The summed E-state index contributed by atoms with van der Waals surface area (Å²) in [5, 5.41) is 27.2. The second-order valence-corrected chi connectivity index (χ2v) is 6.41. The molecular weight excluding hydrogens is 398 g/mol. The number of hydrogen-bond donors (Lipinski definition) is 1. The van der Waals surface area contributed by atoms with Crippen molar-refractivity contribution in [1.82, 2.24) is 9.78 Å². The van der Waals surface area contributed by atoms with Crippen LogP contribution >= 0.6 is 11.6 Å². The van der Waals surface area contributed by atoms with Gasteiger partial charge >= 0.3 is 0 Å². The number of nitriles is 1. The fourth-order valence-electron chi connectivity index (χ4n) is 2.50. The van der Waals surface area contributed by atoms with E-state index in [0.717, 1.165) is 11.6 Å². The van der Waals surface area contributed by atoms with Crippen LogP contribution in [0.25, 0.3) is 0 Å². The third kappa shape index (κ3) is 4.69. The van der Waals surface area contributed by atoms with Crippen LogP contribution in [0.3, 0.4) is 0 Å². The average Bonchev–Trinajstić information content (AvgIpc) is 3.16. The molecule has 10 heteroatoms. The topological polar surface area (TPSA) is 123 Å². The zero-order valence-corrected chi connectivity index (χ0v) is 15.9. The van der Waals surface area contributed by atoms with Crippen molar-refractivity contribution in [2.45, 2.75) is 13.7 Å². The number of carbonyl (C=O) groups is 1. The van der Waals surface area contributed by atoms with E-state index in [0.29, 0.717) is 10.8 Å². The summed E-state index contributed by atoms with van der Waals surface area (Å²) in [6, 6.07) is 12.1. The van der Waals surface area contributed by atoms with Crippen molar-refractivity contribution in [1.29, 1.82) is 5.26 Å². The van der Waals surface area contributed by atoms with Gasteiger partial charge in [0.25, 0.3) is 11.6 Å². The number of hydrogen-bond acceptors (Lipinski definition) is 6. The van der Waals surface area contributed by atoms with Gasteiger partial charge in [0.15, 0.2) is 12.4 Å². The van der Waals surface area contributed by atoms with Crippen molar-refractivity contribution < 1.29 is 14.5 Å². The van der Waals surface area contributed by atoms with E-state index in [1.54, 1.807) is 24.4 Å². The van der Waals surface area contributed by atoms with Crippen molar-refractivity contribution in [2.24, 2.45) is 0 Å². The molecule has 0 saturated heterocycles. The molecule has 1 amide bonds. The molecule has 0 saturated carbocycles. The van der Waals surface area contributed by atoms with Gasteiger partial charge in [-0.3, -0.25) is 14.9 Å². The number of amides is 1. The molecule has 0 aliphatic heterocycles. The fraction of sp³-hybridized carbons (Fsp3) is 0.105. The number of nitro groups is 1. The van der Waals surface area contributed by atoms with E-state index in [-0.39, 0.29) is 29.4 Å². The van der Waals surface area contributed by atoms with Crippen LogP contribution in [0.1, 0.15) is 21.6 Å². The third-order valence-corrected chi connectivity index (χ3v) is 4.18. The van der Waals surface area contributed by atoms with Gasteiger partial charge in [-0.15, -0.1) is 0 Å². The number of nitrogens with one attached hydrogen (secondary N) is 1. The first kappa shape index (κ1) is 19.9. The number of rotatable bonds is 6. The van der Waals surface area contributed by atoms with Crippen LogP contribution in [-0.2, 0) is 6.73 Å². The molecule has 1 N–H and O–H groups in total. The molecule has 0 bridgehead atoms. The van der Waals surface area contributed by atoms with Crippen LogP contribution < -0.4 is 10.1 Å². The number of carbonyl (C=O) groups excluding carboxylic acids is 1. The third-order valence-electron chi connectivity index (χ3n) is 3.95. The minimum atomic E-state index is -0.615. The highest BCUT2D eigenvalue weighted by atomic mass is 35.5. The SMILES string of the molecule is Cc1cc(Cl)ccc1OCn1ccc(C(=O)Nc2ccc([N+](=O)[O-])cc2C#N)n1. The summed E-state index contributed by atoms with van der Waals surface area (Å²) in [7, 11) is 0. The fourth-order valence-corrected chi connectivity index (χ4v) is 2.73. The number of halogens is 1. The molecule has 0 spiro atoms. The molecule has 0 aliphatic carbocycles. The van der Waals surface area contributed by atoms with E-state index in [4.69, 9.17) is 21.6 Å². The number of benzene rings is 2. The lowest BCUT2D eigenvalue weighted by Gasteiger charge is -2.09. The Labute approximate surface area is 170 Å². The van der Waals surface area contributed by atoms with Crippen LogP contribution in [0.5, 0.6) is 5.75 Å².